The zero-order chi connectivity index (χ0) is 16.7. The Morgan fingerprint density at radius 2 is 2.17 bits per heavy atom. The number of thiocarbonyl (C=S) groups is 1. The summed E-state index contributed by atoms with van der Waals surface area (Å²) in [6.07, 6.45) is 1.03. The van der Waals surface area contributed by atoms with Crippen molar-refractivity contribution in [3.63, 3.8) is 0 Å². The maximum atomic E-state index is 11.2. The second-order valence-electron chi connectivity index (χ2n) is 5.62. The number of carbonyl (C=O) groups is 1. The molecule has 0 aromatic carbocycles. The third-order valence-electron chi connectivity index (χ3n) is 3.82. The molecule has 126 valence electrons. The van der Waals surface area contributed by atoms with E-state index in [1.807, 2.05) is 19.1 Å². The number of carbonyl (C=O) groups excluding carboxylic acids is 1. The molecule has 0 amide bonds. The zero-order valence-electron chi connectivity index (χ0n) is 13.7. The van der Waals surface area contributed by atoms with Crippen LogP contribution in [0, 0.1) is 6.92 Å². The predicted octanol–water partition coefficient (Wildman–Crippen LogP) is 0.945. The van der Waals surface area contributed by atoms with Crippen molar-refractivity contribution in [2.24, 2.45) is 0 Å². The van der Waals surface area contributed by atoms with Crippen molar-refractivity contribution in [3.05, 3.63) is 29.6 Å². The molecule has 0 radical (unpaired) electrons. The van der Waals surface area contributed by atoms with Gasteiger partial charge in [-0.1, -0.05) is 6.07 Å². The average molecular weight is 336 g/mol. The van der Waals surface area contributed by atoms with Crippen LogP contribution in [0.1, 0.15) is 17.8 Å². The highest BCUT2D eigenvalue weighted by Crippen LogP contribution is 2.08. The molecule has 1 saturated heterocycles. The van der Waals surface area contributed by atoms with Gasteiger partial charge in [0.2, 0.25) is 0 Å². The number of nitrogens with zero attached hydrogens (tertiary/aromatic N) is 3. The summed E-state index contributed by atoms with van der Waals surface area (Å²) in [7, 11) is 1.37. The first-order valence-corrected chi connectivity index (χ1v) is 8.24. The summed E-state index contributed by atoms with van der Waals surface area (Å²) < 4.78 is 4.61. The SMILES string of the molecule is COC(=O)CNC(=S)N1CCCN(Cc2cccc(C)n2)CC1. The van der Waals surface area contributed by atoms with Crippen LogP contribution in [0.2, 0.25) is 0 Å². The topological polar surface area (TPSA) is 57.7 Å². The molecule has 1 N–H and O–H groups in total. The molecule has 1 aliphatic heterocycles. The molecular weight excluding hydrogens is 312 g/mol. The highest BCUT2D eigenvalue weighted by atomic mass is 32.1. The molecule has 1 aliphatic rings. The van der Waals surface area contributed by atoms with Crippen LogP contribution >= 0.6 is 12.2 Å². The van der Waals surface area contributed by atoms with E-state index in [0.717, 1.165) is 50.5 Å². The molecule has 0 bridgehead atoms. The van der Waals surface area contributed by atoms with Gasteiger partial charge in [0.1, 0.15) is 6.54 Å². The largest absolute Gasteiger partial charge is 0.468 e. The minimum Gasteiger partial charge on any atom is -0.468 e. The number of esters is 1. The van der Waals surface area contributed by atoms with Gasteiger partial charge < -0.3 is 15.0 Å². The Labute approximate surface area is 142 Å². The van der Waals surface area contributed by atoms with Gasteiger partial charge in [-0.15, -0.1) is 0 Å². The fraction of sp³-hybridized carbons (Fsp3) is 0.562. The first-order valence-electron chi connectivity index (χ1n) is 7.83. The van der Waals surface area contributed by atoms with Crippen LogP contribution in [-0.4, -0.2) is 65.7 Å². The number of pyridine rings is 1. The van der Waals surface area contributed by atoms with Crippen molar-refractivity contribution >= 4 is 23.3 Å². The van der Waals surface area contributed by atoms with Gasteiger partial charge in [0.25, 0.3) is 0 Å². The third kappa shape index (κ3) is 5.76. The monoisotopic (exact) mass is 336 g/mol. The normalized spacial score (nSPS) is 15.8. The maximum Gasteiger partial charge on any atom is 0.325 e. The average Bonchev–Trinajstić information content (AvgIpc) is 2.78. The van der Waals surface area contributed by atoms with E-state index in [1.54, 1.807) is 0 Å². The standard InChI is InChI=1S/C16H24N4O2S/c1-13-5-3-6-14(18-13)12-19-7-4-8-20(10-9-19)16(23)17-11-15(21)22-2/h3,5-6H,4,7-12H2,1-2H3,(H,17,23). The Morgan fingerprint density at radius 1 is 1.35 bits per heavy atom. The molecule has 23 heavy (non-hydrogen) atoms. The van der Waals surface area contributed by atoms with Gasteiger partial charge in [-0.2, -0.15) is 0 Å². The Kier molecular flexibility index (Phi) is 6.73. The summed E-state index contributed by atoms with van der Waals surface area (Å²) in [5, 5.41) is 3.57. The smallest absolute Gasteiger partial charge is 0.325 e. The van der Waals surface area contributed by atoms with Crippen LogP contribution in [0.15, 0.2) is 18.2 Å². The van der Waals surface area contributed by atoms with Crippen molar-refractivity contribution in [1.82, 2.24) is 20.1 Å². The van der Waals surface area contributed by atoms with Gasteiger partial charge in [-0.05, 0) is 37.7 Å². The Morgan fingerprint density at radius 3 is 2.91 bits per heavy atom. The number of aromatic nitrogens is 1. The molecule has 0 atom stereocenters. The zero-order valence-corrected chi connectivity index (χ0v) is 14.6. The molecule has 1 aromatic rings. The van der Waals surface area contributed by atoms with Crippen molar-refractivity contribution in [2.75, 3.05) is 39.8 Å². The number of ether oxygens (including phenoxy) is 1. The summed E-state index contributed by atoms with van der Waals surface area (Å²) >= 11 is 5.36. The van der Waals surface area contributed by atoms with Crippen LogP contribution in [0.4, 0.5) is 0 Å². The molecule has 7 heteroatoms. The molecule has 0 aliphatic carbocycles. The molecule has 0 spiro atoms. The number of hydrogen-bond donors (Lipinski definition) is 1. The van der Waals surface area contributed by atoms with E-state index in [4.69, 9.17) is 12.2 Å². The van der Waals surface area contributed by atoms with Crippen LogP contribution in [0.25, 0.3) is 0 Å². The van der Waals surface area contributed by atoms with Crippen LogP contribution in [0.3, 0.4) is 0 Å². The minimum atomic E-state index is -0.311. The fourth-order valence-corrected chi connectivity index (χ4v) is 2.84. The Balaban J connectivity index is 1.82. The van der Waals surface area contributed by atoms with Crippen LogP contribution in [-0.2, 0) is 16.1 Å². The first kappa shape index (κ1) is 17.6. The van der Waals surface area contributed by atoms with Crippen LogP contribution in [0.5, 0.6) is 0 Å². The van der Waals surface area contributed by atoms with Gasteiger partial charge in [0.15, 0.2) is 5.11 Å². The van der Waals surface area contributed by atoms with E-state index in [1.165, 1.54) is 7.11 Å². The first-order chi connectivity index (χ1) is 11.1. The summed E-state index contributed by atoms with van der Waals surface area (Å²) in [6.45, 7) is 6.67. The van der Waals surface area contributed by atoms with Crippen molar-refractivity contribution in [1.29, 1.82) is 0 Å². The number of rotatable bonds is 4. The lowest BCUT2D eigenvalue weighted by molar-refractivity contribution is -0.139. The number of methoxy groups -OCH3 is 1. The Bertz CT molecular complexity index is 553. The molecular formula is C16H24N4O2S. The maximum absolute atomic E-state index is 11.2. The van der Waals surface area contributed by atoms with Gasteiger partial charge in [0, 0.05) is 38.4 Å². The van der Waals surface area contributed by atoms with Crippen LogP contribution < -0.4 is 5.32 Å². The summed E-state index contributed by atoms with van der Waals surface area (Å²) in [6, 6.07) is 6.13. The van der Waals surface area contributed by atoms with Gasteiger partial charge >= 0.3 is 5.97 Å². The highest BCUT2D eigenvalue weighted by Gasteiger charge is 2.17. The predicted molar refractivity (Wildman–Crippen MR) is 93.1 cm³/mol. The summed E-state index contributed by atoms with van der Waals surface area (Å²) in [4.78, 5) is 20.2. The van der Waals surface area contributed by atoms with Crippen molar-refractivity contribution in [3.8, 4) is 0 Å². The van der Waals surface area contributed by atoms with E-state index in [-0.39, 0.29) is 12.5 Å². The quantitative estimate of drug-likeness (QED) is 0.649. The molecule has 2 heterocycles. The minimum absolute atomic E-state index is 0.114. The molecule has 6 nitrogen and oxygen atoms in total. The molecule has 0 unspecified atom stereocenters. The molecule has 1 aromatic heterocycles. The second-order valence-corrected chi connectivity index (χ2v) is 6.01. The van der Waals surface area contributed by atoms with Gasteiger partial charge in [-0.25, -0.2) is 0 Å². The Hall–Kier alpha value is -1.73. The van der Waals surface area contributed by atoms with Crippen molar-refractivity contribution < 1.29 is 9.53 Å². The van der Waals surface area contributed by atoms with E-state index in [2.05, 4.69) is 30.9 Å². The number of aryl methyl sites for hydroxylation is 1. The van der Waals surface area contributed by atoms with Crippen molar-refractivity contribution in [2.45, 2.75) is 19.9 Å². The van der Waals surface area contributed by atoms with E-state index in [0.29, 0.717) is 5.11 Å². The fourth-order valence-electron chi connectivity index (χ4n) is 2.58. The lowest BCUT2D eigenvalue weighted by Crippen LogP contribution is -2.43. The van der Waals surface area contributed by atoms with E-state index in [9.17, 15) is 4.79 Å². The molecule has 0 saturated carbocycles. The molecule has 2 rings (SSSR count). The van der Waals surface area contributed by atoms with Gasteiger partial charge in [0.05, 0.1) is 12.8 Å². The number of hydrogen-bond acceptors (Lipinski definition) is 5. The number of nitrogens with one attached hydrogen (secondary N) is 1. The summed E-state index contributed by atoms with van der Waals surface area (Å²) in [5.41, 5.74) is 2.15. The van der Waals surface area contributed by atoms with E-state index < -0.39 is 0 Å². The lowest BCUT2D eigenvalue weighted by Gasteiger charge is -2.24. The lowest BCUT2D eigenvalue weighted by atomic mass is 10.3. The highest BCUT2D eigenvalue weighted by molar-refractivity contribution is 7.80. The molecule has 1 fully saturated rings. The van der Waals surface area contributed by atoms with Gasteiger partial charge in [-0.3, -0.25) is 14.7 Å². The third-order valence-corrected chi connectivity index (χ3v) is 4.22. The summed E-state index contributed by atoms with van der Waals surface area (Å²) in [5.74, 6) is -0.311. The second kappa shape index (κ2) is 8.79. The van der Waals surface area contributed by atoms with E-state index >= 15 is 0 Å².